The minimum atomic E-state index is 0.169. The number of nitrogens with one attached hydrogen (secondary N) is 1. The average Bonchev–Trinajstić information content (AvgIpc) is 2.13. The van der Waals surface area contributed by atoms with Crippen LogP contribution >= 0.6 is 0 Å². The van der Waals surface area contributed by atoms with E-state index in [9.17, 15) is 4.79 Å². The SMILES string of the molecule is CCCCC(C(=O)NCC(C)(C)C)C(C)C. The predicted molar refractivity (Wildman–Crippen MR) is 70.3 cm³/mol. The van der Waals surface area contributed by atoms with Crippen LogP contribution in [0.5, 0.6) is 0 Å². The summed E-state index contributed by atoms with van der Waals surface area (Å²) in [4.78, 5) is 12.0. The minimum Gasteiger partial charge on any atom is -0.355 e. The topological polar surface area (TPSA) is 29.1 Å². The Balaban J connectivity index is 4.17. The van der Waals surface area contributed by atoms with E-state index in [0.29, 0.717) is 5.92 Å². The van der Waals surface area contributed by atoms with E-state index < -0.39 is 0 Å². The highest BCUT2D eigenvalue weighted by atomic mass is 16.1. The van der Waals surface area contributed by atoms with E-state index in [1.165, 1.54) is 0 Å². The van der Waals surface area contributed by atoms with Crippen molar-refractivity contribution in [3.05, 3.63) is 0 Å². The number of rotatable bonds is 6. The Morgan fingerprint density at radius 1 is 1.25 bits per heavy atom. The zero-order valence-electron chi connectivity index (χ0n) is 11.9. The summed E-state index contributed by atoms with van der Waals surface area (Å²) in [6, 6.07) is 0. The Bertz CT molecular complexity index is 203. The van der Waals surface area contributed by atoms with Crippen molar-refractivity contribution in [1.82, 2.24) is 5.32 Å². The van der Waals surface area contributed by atoms with Crippen molar-refractivity contribution in [2.45, 2.75) is 60.8 Å². The van der Waals surface area contributed by atoms with Gasteiger partial charge in [0.2, 0.25) is 5.91 Å². The Labute approximate surface area is 101 Å². The lowest BCUT2D eigenvalue weighted by Crippen LogP contribution is -2.38. The van der Waals surface area contributed by atoms with E-state index in [4.69, 9.17) is 0 Å². The van der Waals surface area contributed by atoms with Crippen LogP contribution in [0.4, 0.5) is 0 Å². The number of unbranched alkanes of at least 4 members (excludes halogenated alkanes) is 1. The maximum absolute atomic E-state index is 12.0. The largest absolute Gasteiger partial charge is 0.355 e. The van der Waals surface area contributed by atoms with Gasteiger partial charge in [0.05, 0.1) is 0 Å². The molecule has 2 heteroatoms. The smallest absolute Gasteiger partial charge is 0.223 e. The van der Waals surface area contributed by atoms with Gasteiger partial charge < -0.3 is 5.32 Å². The number of hydrogen-bond acceptors (Lipinski definition) is 1. The first-order valence-electron chi connectivity index (χ1n) is 6.55. The third-order valence-corrected chi connectivity index (χ3v) is 2.80. The molecule has 96 valence electrons. The summed E-state index contributed by atoms with van der Waals surface area (Å²) < 4.78 is 0. The van der Waals surface area contributed by atoms with Crippen molar-refractivity contribution >= 4 is 5.91 Å². The molecule has 0 aromatic rings. The molecule has 0 saturated carbocycles. The summed E-state index contributed by atoms with van der Waals surface area (Å²) in [6.45, 7) is 13.6. The molecule has 0 aliphatic rings. The standard InChI is InChI=1S/C14H29NO/c1-7-8-9-12(11(2)3)13(16)15-10-14(4,5)6/h11-12H,7-10H2,1-6H3,(H,15,16). The second-order valence-electron chi connectivity index (χ2n) is 6.27. The molecule has 0 saturated heterocycles. The van der Waals surface area contributed by atoms with Gasteiger partial charge in [-0.1, -0.05) is 54.4 Å². The number of hydrogen-bond donors (Lipinski definition) is 1. The molecule has 1 N–H and O–H groups in total. The van der Waals surface area contributed by atoms with Crippen LogP contribution in [0.2, 0.25) is 0 Å². The third kappa shape index (κ3) is 6.86. The predicted octanol–water partition coefficient (Wildman–Crippen LogP) is 3.61. The normalized spacial score (nSPS) is 13.9. The summed E-state index contributed by atoms with van der Waals surface area (Å²) in [5, 5.41) is 3.07. The molecule has 0 fully saturated rings. The van der Waals surface area contributed by atoms with Gasteiger partial charge in [-0.05, 0) is 17.8 Å². The van der Waals surface area contributed by atoms with Gasteiger partial charge in [-0.15, -0.1) is 0 Å². The molecule has 0 heterocycles. The zero-order valence-corrected chi connectivity index (χ0v) is 11.9. The summed E-state index contributed by atoms with van der Waals surface area (Å²) in [5.74, 6) is 0.854. The Kier molecular flexibility index (Phi) is 6.70. The van der Waals surface area contributed by atoms with Crippen LogP contribution < -0.4 is 5.32 Å². The lowest BCUT2D eigenvalue weighted by atomic mass is 9.89. The van der Waals surface area contributed by atoms with E-state index in [1.54, 1.807) is 0 Å². The van der Waals surface area contributed by atoms with Crippen molar-refractivity contribution in [3.63, 3.8) is 0 Å². The van der Waals surface area contributed by atoms with E-state index in [-0.39, 0.29) is 17.2 Å². The zero-order chi connectivity index (χ0) is 12.8. The molecule has 0 aromatic carbocycles. The van der Waals surface area contributed by atoms with Crippen LogP contribution in [-0.2, 0) is 4.79 Å². The lowest BCUT2D eigenvalue weighted by molar-refractivity contribution is -0.127. The van der Waals surface area contributed by atoms with Crippen LogP contribution in [0.15, 0.2) is 0 Å². The molecule has 16 heavy (non-hydrogen) atoms. The van der Waals surface area contributed by atoms with Crippen molar-refractivity contribution < 1.29 is 4.79 Å². The summed E-state index contributed by atoms with van der Waals surface area (Å²) in [5.41, 5.74) is 0.169. The van der Waals surface area contributed by atoms with Gasteiger partial charge >= 0.3 is 0 Å². The summed E-state index contributed by atoms with van der Waals surface area (Å²) >= 11 is 0. The van der Waals surface area contributed by atoms with Crippen molar-refractivity contribution in [2.24, 2.45) is 17.3 Å². The molecule has 0 aliphatic carbocycles. The van der Waals surface area contributed by atoms with Crippen LogP contribution in [0.1, 0.15) is 60.8 Å². The van der Waals surface area contributed by atoms with E-state index in [0.717, 1.165) is 25.8 Å². The van der Waals surface area contributed by atoms with E-state index in [1.807, 2.05) is 0 Å². The van der Waals surface area contributed by atoms with Gasteiger partial charge in [0.25, 0.3) is 0 Å². The molecule has 1 atom stereocenters. The maximum Gasteiger partial charge on any atom is 0.223 e. The molecular formula is C14H29NO. The first-order valence-corrected chi connectivity index (χ1v) is 6.55. The van der Waals surface area contributed by atoms with Gasteiger partial charge in [0, 0.05) is 12.5 Å². The van der Waals surface area contributed by atoms with Crippen LogP contribution in [0, 0.1) is 17.3 Å². The quantitative estimate of drug-likeness (QED) is 0.738. The van der Waals surface area contributed by atoms with Gasteiger partial charge in [-0.2, -0.15) is 0 Å². The fraction of sp³-hybridized carbons (Fsp3) is 0.929. The van der Waals surface area contributed by atoms with Crippen molar-refractivity contribution in [2.75, 3.05) is 6.54 Å². The number of amides is 1. The Morgan fingerprint density at radius 3 is 2.19 bits per heavy atom. The van der Waals surface area contributed by atoms with E-state index in [2.05, 4.69) is 46.9 Å². The molecule has 0 aliphatic heterocycles. The Hall–Kier alpha value is -0.530. The molecule has 2 nitrogen and oxygen atoms in total. The monoisotopic (exact) mass is 227 g/mol. The number of carbonyl (C=O) groups excluding carboxylic acids is 1. The highest BCUT2D eigenvalue weighted by Gasteiger charge is 2.22. The van der Waals surface area contributed by atoms with E-state index >= 15 is 0 Å². The third-order valence-electron chi connectivity index (χ3n) is 2.80. The van der Waals surface area contributed by atoms with Gasteiger partial charge in [0.15, 0.2) is 0 Å². The minimum absolute atomic E-state index is 0.169. The molecule has 0 radical (unpaired) electrons. The van der Waals surface area contributed by atoms with Crippen LogP contribution in [-0.4, -0.2) is 12.5 Å². The van der Waals surface area contributed by atoms with Crippen molar-refractivity contribution in [3.8, 4) is 0 Å². The van der Waals surface area contributed by atoms with Gasteiger partial charge in [-0.25, -0.2) is 0 Å². The molecular weight excluding hydrogens is 198 g/mol. The maximum atomic E-state index is 12.0. The number of carbonyl (C=O) groups is 1. The molecule has 1 amide bonds. The molecule has 0 rings (SSSR count). The fourth-order valence-electron chi connectivity index (χ4n) is 1.67. The van der Waals surface area contributed by atoms with Crippen LogP contribution in [0.3, 0.4) is 0 Å². The highest BCUT2D eigenvalue weighted by molar-refractivity contribution is 5.78. The first-order chi connectivity index (χ1) is 7.28. The lowest BCUT2D eigenvalue weighted by Gasteiger charge is -2.24. The fourth-order valence-corrected chi connectivity index (χ4v) is 1.67. The Morgan fingerprint density at radius 2 is 1.81 bits per heavy atom. The van der Waals surface area contributed by atoms with Crippen molar-refractivity contribution in [1.29, 1.82) is 0 Å². The molecule has 1 unspecified atom stereocenters. The average molecular weight is 227 g/mol. The molecule has 0 aromatic heterocycles. The molecule has 0 spiro atoms. The first kappa shape index (κ1) is 15.5. The van der Waals surface area contributed by atoms with Crippen LogP contribution in [0.25, 0.3) is 0 Å². The molecule has 0 bridgehead atoms. The second kappa shape index (κ2) is 6.93. The summed E-state index contributed by atoms with van der Waals surface area (Å²) in [7, 11) is 0. The highest BCUT2D eigenvalue weighted by Crippen LogP contribution is 2.19. The second-order valence-corrected chi connectivity index (χ2v) is 6.27. The van der Waals surface area contributed by atoms with Gasteiger partial charge in [-0.3, -0.25) is 4.79 Å². The summed E-state index contributed by atoms with van der Waals surface area (Å²) in [6.07, 6.45) is 3.33. The van der Waals surface area contributed by atoms with Gasteiger partial charge in [0.1, 0.15) is 0 Å².